The van der Waals surface area contributed by atoms with Gasteiger partial charge < -0.3 is 5.73 Å². The Bertz CT molecular complexity index is 121. The second kappa shape index (κ2) is 5.53. The fraction of sp³-hybridized carbons (Fsp3) is 0.889. The van der Waals surface area contributed by atoms with Crippen LogP contribution in [0.5, 0.6) is 0 Å². The molecule has 2 N–H and O–H groups in total. The summed E-state index contributed by atoms with van der Waals surface area (Å²) in [5.41, 5.74) is 5.43. The summed E-state index contributed by atoms with van der Waals surface area (Å²) >= 11 is 4.83. The maximum atomic E-state index is 5.43. The first-order valence-corrected chi connectivity index (χ1v) is 4.77. The fourth-order valence-electron chi connectivity index (χ4n) is 1.34. The van der Waals surface area contributed by atoms with Gasteiger partial charge in [-0.15, -0.1) is 0 Å². The Kier molecular flexibility index (Phi) is 5.47. The highest BCUT2D eigenvalue weighted by atomic mass is 32.1. The normalized spacial score (nSPS) is 13.5. The van der Waals surface area contributed by atoms with Gasteiger partial charge in [-0.1, -0.05) is 39.4 Å². The third kappa shape index (κ3) is 5.19. The van der Waals surface area contributed by atoms with Crippen LogP contribution in [-0.4, -0.2) is 4.99 Å². The lowest BCUT2D eigenvalue weighted by Crippen LogP contribution is -2.13. The van der Waals surface area contributed by atoms with E-state index in [-0.39, 0.29) is 0 Å². The zero-order valence-corrected chi connectivity index (χ0v) is 8.58. The van der Waals surface area contributed by atoms with Crippen molar-refractivity contribution in [1.29, 1.82) is 0 Å². The van der Waals surface area contributed by atoms with Crippen molar-refractivity contribution in [3.63, 3.8) is 0 Å². The molecule has 11 heavy (non-hydrogen) atoms. The Balaban J connectivity index is 3.61. The summed E-state index contributed by atoms with van der Waals surface area (Å²) in [6.07, 6.45) is 3.30. The first kappa shape index (κ1) is 10.9. The number of thiocarbonyl (C=S) groups is 1. The summed E-state index contributed by atoms with van der Waals surface area (Å²) in [5.74, 6) is 1.55. The Morgan fingerprint density at radius 3 is 2.27 bits per heavy atom. The van der Waals surface area contributed by atoms with E-state index in [9.17, 15) is 0 Å². The van der Waals surface area contributed by atoms with Crippen LogP contribution in [0.3, 0.4) is 0 Å². The van der Waals surface area contributed by atoms with Crippen LogP contribution in [0, 0.1) is 11.8 Å². The lowest BCUT2D eigenvalue weighted by molar-refractivity contribution is 0.355. The monoisotopic (exact) mass is 173 g/mol. The van der Waals surface area contributed by atoms with E-state index in [1.807, 2.05) is 0 Å². The topological polar surface area (TPSA) is 26.0 Å². The molecule has 0 aromatic rings. The smallest absolute Gasteiger partial charge is 0.0727 e. The molecule has 0 amide bonds. The molecular weight excluding hydrogens is 154 g/mol. The van der Waals surface area contributed by atoms with Crippen LogP contribution in [-0.2, 0) is 0 Å². The third-order valence-electron chi connectivity index (χ3n) is 2.23. The van der Waals surface area contributed by atoms with E-state index in [4.69, 9.17) is 18.0 Å². The average Bonchev–Trinajstić information content (AvgIpc) is 1.87. The van der Waals surface area contributed by atoms with Gasteiger partial charge in [0.25, 0.3) is 0 Å². The van der Waals surface area contributed by atoms with Crippen LogP contribution < -0.4 is 5.73 Å². The number of rotatable bonds is 5. The summed E-state index contributed by atoms with van der Waals surface area (Å²) in [6, 6.07) is 0. The van der Waals surface area contributed by atoms with E-state index < -0.39 is 0 Å². The minimum absolute atomic E-state index is 0.657. The molecule has 0 saturated carbocycles. The predicted octanol–water partition coefficient (Wildman–Crippen LogP) is 2.73. The van der Waals surface area contributed by atoms with Crippen LogP contribution in [0.4, 0.5) is 0 Å². The zero-order valence-electron chi connectivity index (χ0n) is 7.76. The molecule has 0 aromatic heterocycles. The van der Waals surface area contributed by atoms with Crippen molar-refractivity contribution in [3.05, 3.63) is 0 Å². The summed E-state index contributed by atoms with van der Waals surface area (Å²) in [7, 11) is 0. The molecule has 0 aliphatic heterocycles. The van der Waals surface area contributed by atoms with Gasteiger partial charge in [-0.25, -0.2) is 0 Å². The molecule has 0 fully saturated rings. The van der Waals surface area contributed by atoms with Gasteiger partial charge in [0, 0.05) is 0 Å². The van der Waals surface area contributed by atoms with Crippen molar-refractivity contribution in [1.82, 2.24) is 0 Å². The largest absolute Gasteiger partial charge is 0.393 e. The zero-order chi connectivity index (χ0) is 8.85. The van der Waals surface area contributed by atoms with Crippen LogP contribution in [0.15, 0.2) is 0 Å². The molecule has 1 nitrogen and oxygen atoms in total. The first-order chi connectivity index (χ1) is 5.07. The molecule has 1 atom stereocenters. The lowest BCUT2D eigenvalue weighted by Gasteiger charge is -2.17. The van der Waals surface area contributed by atoms with Crippen LogP contribution in [0.2, 0.25) is 0 Å². The number of hydrogen-bond donors (Lipinski definition) is 1. The molecule has 0 aliphatic rings. The maximum Gasteiger partial charge on any atom is 0.0727 e. The maximum absolute atomic E-state index is 5.43. The minimum atomic E-state index is 0.657. The van der Waals surface area contributed by atoms with Gasteiger partial charge in [-0.3, -0.25) is 0 Å². The molecule has 66 valence electrons. The lowest BCUT2D eigenvalue weighted by atomic mass is 9.89. The van der Waals surface area contributed by atoms with Crippen molar-refractivity contribution < 1.29 is 0 Å². The van der Waals surface area contributed by atoms with Gasteiger partial charge in [0.2, 0.25) is 0 Å². The molecule has 0 bridgehead atoms. The highest BCUT2D eigenvalue weighted by Gasteiger charge is 2.10. The minimum Gasteiger partial charge on any atom is -0.393 e. The van der Waals surface area contributed by atoms with Gasteiger partial charge in [0.1, 0.15) is 0 Å². The van der Waals surface area contributed by atoms with Crippen LogP contribution in [0.1, 0.15) is 40.0 Å². The van der Waals surface area contributed by atoms with E-state index in [1.54, 1.807) is 0 Å². The van der Waals surface area contributed by atoms with Gasteiger partial charge in [0.05, 0.1) is 4.99 Å². The van der Waals surface area contributed by atoms with Crippen molar-refractivity contribution in [3.8, 4) is 0 Å². The predicted molar refractivity (Wildman–Crippen MR) is 54.6 cm³/mol. The van der Waals surface area contributed by atoms with Crippen LogP contribution in [0.25, 0.3) is 0 Å². The summed E-state index contributed by atoms with van der Waals surface area (Å²) in [6.45, 7) is 6.74. The van der Waals surface area contributed by atoms with E-state index in [2.05, 4.69) is 20.8 Å². The number of nitrogens with two attached hydrogens (primary N) is 1. The quantitative estimate of drug-likeness (QED) is 0.647. The van der Waals surface area contributed by atoms with Crippen molar-refractivity contribution in [2.45, 2.75) is 40.0 Å². The Hall–Kier alpha value is -0.110. The number of hydrogen-bond acceptors (Lipinski definition) is 1. The molecule has 0 rings (SSSR count). The van der Waals surface area contributed by atoms with Crippen molar-refractivity contribution >= 4 is 17.2 Å². The third-order valence-corrected chi connectivity index (χ3v) is 2.43. The molecule has 0 unspecified atom stereocenters. The fourth-order valence-corrected chi connectivity index (χ4v) is 1.45. The van der Waals surface area contributed by atoms with Crippen molar-refractivity contribution in [2.24, 2.45) is 17.6 Å². The summed E-state index contributed by atoms with van der Waals surface area (Å²) in [4.78, 5) is 0.657. The van der Waals surface area contributed by atoms with E-state index in [1.165, 1.54) is 6.42 Å². The average molecular weight is 173 g/mol. The molecule has 0 spiro atoms. The molecule has 2 heteroatoms. The standard InChI is InChI=1S/C9H19NS/c1-4-8(7(2)3)5-6-9(10)11/h7-8H,4-6H2,1-3H3,(H2,10,11)/t8-/m1/s1. The highest BCUT2D eigenvalue weighted by Crippen LogP contribution is 2.20. The van der Waals surface area contributed by atoms with Gasteiger partial charge >= 0.3 is 0 Å². The van der Waals surface area contributed by atoms with E-state index in [0.717, 1.165) is 24.7 Å². The van der Waals surface area contributed by atoms with Gasteiger partial charge in [-0.2, -0.15) is 0 Å². The van der Waals surface area contributed by atoms with E-state index in [0.29, 0.717) is 4.99 Å². The Morgan fingerprint density at radius 1 is 1.45 bits per heavy atom. The van der Waals surface area contributed by atoms with E-state index >= 15 is 0 Å². The summed E-state index contributed by atoms with van der Waals surface area (Å²) in [5, 5.41) is 0. The Labute approximate surface area is 75.4 Å². The second-order valence-corrected chi connectivity index (χ2v) is 3.94. The van der Waals surface area contributed by atoms with Gasteiger partial charge in [-0.05, 0) is 24.7 Å². The van der Waals surface area contributed by atoms with Gasteiger partial charge in [0.15, 0.2) is 0 Å². The Morgan fingerprint density at radius 2 is 2.00 bits per heavy atom. The summed E-state index contributed by atoms with van der Waals surface area (Å²) < 4.78 is 0. The molecule has 0 saturated heterocycles. The SMILES string of the molecule is CC[C@H](CCC(N)=S)C(C)C. The molecular formula is C9H19NS. The molecule has 0 heterocycles. The first-order valence-electron chi connectivity index (χ1n) is 4.36. The molecule has 0 aromatic carbocycles. The van der Waals surface area contributed by atoms with Crippen molar-refractivity contribution in [2.75, 3.05) is 0 Å². The molecule has 0 radical (unpaired) electrons. The van der Waals surface area contributed by atoms with Crippen LogP contribution >= 0.6 is 12.2 Å². The molecule has 0 aliphatic carbocycles. The highest BCUT2D eigenvalue weighted by molar-refractivity contribution is 7.80. The second-order valence-electron chi connectivity index (χ2n) is 3.42.